The number of carbonyl (C=O) groups excluding carboxylic acids is 1. The summed E-state index contributed by atoms with van der Waals surface area (Å²) < 4.78 is 1.57. The van der Waals surface area contributed by atoms with Gasteiger partial charge in [-0.2, -0.15) is 0 Å². The second-order valence-corrected chi connectivity index (χ2v) is 3.38. The summed E-state index contributed by atoms with van der Waals surface area (Å²) in [6, 6.07) is 7.74. The Kier molecular flexibility index (Phi) is 2.33. The average Bonchev–Trinajstić information content (AvgIpc) is 2.60. The van der Waals surface area contributed by atoms with E-state index >= 15 is 0 Å². The van der Waals surface area contributed by atoms with Gasteiger partial charge in [0.25, 0.3) is 0 Å². The van der Waals surface area contributed by atoms with Crippen LogP contribution in [-0.4, -0.2) is 21.3 Å². The molecule has 2 rings (SSSR count). The summed E-state index contributed by atoms with van der Waals surface area (Å²) in [5.41, 5.74) is 3.10. The molecule has 0 saturated carbocycles. The number of aryl methyl sites for hydroxylation is 2. The zero-order valence-electron chi connectivity index (χ0n) is 8.64. The molecule has 0 N–H and O–H groups in total. The normalized spacial score (nSPS) is 10.3. The monoisotopic (exact) mass is 201 g/mol. The number of carbonyl (C=O) groups is 1. The molecule has 1 aromatic heterocycles. The zero-order valence-corrected chi connectivity index (χ0v) is 8.64. The molecule has 0 saturated heterocycles. The molecule has 1 aromatic carbocycles. The zero-order chi connectivity index (χ0) is 10.8. The van der Waals surface area contributed by atoms with Crippen LogP contribution >= 0.6 is 0 Å². The van der Waals surface area contributed by atoms with Crippen LogP contribution in [0.25, 0.3) is 5.69 Å². The molecule has 0 aliphatic rings. The molecule has 4 nitrogen and oxygen atoms in total. The smallest absolute Gasteiger partial charge is 0.170 e. The third-order valence-corrected chi connectivity index (χ3v) is 2.34. The molecular weight excluding hydrogens is 190 g/mol. The number of rotatable bonds is 2. The van der Waals surface area contributed by atoms with Gasteiger partial charge in [-0.25, -0.2) is 4.68 Å². The van der Waals surface area contributed by atoms with Gasteiger partial charge in [-0.1, -0.05) is 23.4 Å². The van der Waals surface area contributed by atoms with Gasteiger partial charge in [0.15, 0.2) is 6.29 Å². The van der Waals surface area contributed by atoms with Crippen LogP contribution in [0.2, 0.25) is 0 Å². The molecule has 0 bridgehead atoms. The second kappa shape index (κ2) is 3.65. The maximum atomic E-state index is 10.9. The van der Waals surface area contributed by atoms with Crippen molar-refractivity contribution < 1.29 is 4.79 Å². The quantitative estimate of drug-likeness (QED) is 0.695. The lowest BCUT2D eigenvalue weighted by Crippen LogP contribution is -2.03. The summed E-state index contributed by atoms with van der Waals surface area (Å²) in [5, 5.41) is 7.84. The number of hydrogen-bond acceptors (Lipinski definition) is 3. The van der Waals surface area contributed by atoms with Gasteiger partial charge >= 0.3 is 0 Å². The van der Waals surface area contributed by atoms with E-state index in [0.717, 1.165) is 17.5 Å². The topological polar surface area (TPSA) is 47.8 Å². The highest BCUT2D eigenvalue weighted by atomic mass is 16.1. The Morgan fingerprint density at radius 3 is 2.67 bits per heavy atom. The van der Waals surface area contributed by atoms with Crippen LogP contribution in [-0.2, 0) is 0 Å². The van der Waals surface area contributed by atoms with E-state index in [-0.39, 0.29) is 0 Å². The predicted octanol–water partition coefficient (Wildman–Crippen LogP) is 1.70. The van der Waals surface area contributed by atoms with Crippen LogP contribution in [0.1, 0.15) is 21.7 Å². The van der Waals surface area contributed by atoms with Crippen molar-refractivity contribution in [1.29, 1.82) is 0 Å². The molecule has 4 heteroatoms. The first kappa shape index (κ1) is 9.58. The molecule has 15 heavy (non-hydrogen) atoms. The van der Waals surface area contributed by atoms with Crippen LogP contribution in [0.3, 0.4) is 0 Å². The maximum absolute atomic E-state index is 10.9. The molecule has 0 spiro atoms. The van der Waals surface area contributed by atoms with Crippen molar-refractivity contribution in [2.45, 2.75) is 13.8 Å². The molecule has 0 amide bonds. The van der Waals surface area contributed by atoms with Gasteiger partial charge in [0.05, 0.1) is 11.4 Å². The van der Waals surface area contributed by atoms with E-state index in [1.165, 1.54) is 0 Å². The van der Waals surface area contributed by atoms with Gasteiger partial charge in [0.2, 0.25) is 0 Å². The number of aromatic nitrogens is 3. The van der Waals surface area contributed by atoms with Gasteiger partial charge in [-0.05, 0) is 25.5 Å². The van der Waals surface area contributed by atoms with E-state index in [1.807, 2.05) is 31.2 Å². The van der Waals surface area contributed by atoms with Gasteiger partial charge < -0.3 is 0 Å². The molecule has 76 valence electrons. The number of nitrogens with zero attached hydrogens (tertiary/aromatic N) is 3. The summed E-state index contributed by atoms with van der Waals surface area (Å²) in [4.78, 5) is 10.9. The summed E-state index contributed by atoms with van der Waals surface area (Å²) in [7, 11) is 0. The molecule has 0 radical (unpaired) electrons. The van der Waals surface area contributed by atoms with Crippen molar-refractivity contribution >= 4 is 6.29 Å². The molecule has 0 fully saturated rings. The van der Waals surface area contributed by atoms with Crippen LogP contribution < -0.4 is 0 Å². The predicted molar refractivity (Wildman–Crippen MR) is 56.2 cm³/mol. The molecule has 1 heterocycles. The Bertz CT molecular complexity index is 502. The van der Waals surface area contributed by atoms with Gasteiger partial charge in [-0.15, -0.1) is 5.10 Å². The summed E-state index contributed by atoms with van der Waals surface area (Å²) >= 11 is 0. The molecular formula is C11H11N3O. The summed E-state index contributed by atoms with van der Waals surface area (Å²) in [6.07, 6.45) is 0.780. The fourth-order valence-electron chi connectivity index (χ4n) is 1.48. The molecule has 0 aliphatic heterocycles. The van der Waals surface area contributed by atoms with Crippen molar-refractivity contribution in [2.75, 3.05) is 0 Å². The number of hydrogen-bond donors (Lipinski definition) is 0. The minimum atomic E-state index is 0.504. The lowest BCUT2D eigenvalue weighted by molar-refractivity contribution is 0.111. The fraction of sp³-hybridized carbons (Fsp3) is 0.182. The van der Waals surface area contributed by atoms with E-state index in [2.05, 4.69) is 10.3 Å². The number of aldehydes is 1. The molecule has 0 aliphatic carbocycles. The fourth-order valence-corrected chi connectivity index (χ4v) is 1.48. The van der Waals surface area contributed by atoms with Crippen molar-refractivity contribution in [3.63, 3.8) is 0 Å². The first-order chi connectivity index (χ1) is 7.24. The third-order valence-electron chi connectivity index (χ3n) is 2.34. The Morgan fingerprint density at radius 2 is 2.00 bits per heavy atom. The Balaban J connectivity index is 2.64. The lowest BCUT2D eigenvalue weighted by Gasteiger charge is -2.05. The van der Waals surface area contributed by atoms with Crippen LogP contribution in [0.15, 0.2) is 24.3 Å². The highest BCUT2D eigenvalue weighted by Crippen LogP contribution is 2.14. The molecule has 0 unspecified atom stereocenters. The Morgan fingerprint density at radius 1 is 1.27 bits per heavy atom. The summed E-state index contributed by atoms with van der Waals surface area (Å²) in [6.45, 7) is 3.74. The number of para-hydroxylation sites is 1. The third kappa shape index (κ3) is 1.54. The van der Waals surface area contributed by atoms with Crippen LogP contribution in [0.5, 0.6) is 0 Å². The first-order valence-electron chi connectivity index (χ1n) is 4.67. The maximum Gasteiger partial charge on any atom is 0.170 e. The van der Waals surface area contributed by atoms with Crippen LogP contribution in [0.4, 0.5) is 0 Å². The SMILES string of the molecule is Cc1ccccc1-n1nnc(C)c1C=O. The van der Waals surface area contributed by atoms with Crippen molar-refractivity contribution in [2.24, 2.45) is 0 Å². The van der Waals surface area contributed by atoms with E-state index in [1.54, 1.807) is 11.6 Å². The largest absolute Gasteiger partial charge is 0.296 e. The van der Waals surface area contributed by atoms with Crippen molar-refractivity contribution in [3.8, 4) is 5.69 Å². The first-order valence-corrected chi connectivity index (χ1v) is 4.67. The molecule has 0 atom stereocenters. The van der Waals surface area contributed by atoms with E-state index in [4.69, 9.17) is 0 Å². The van der Waals surface area contributed by atoms with Crippen molar-refractivity contribution in [1.82, 2.24) is 15.0 Å². The Labute approximate surface area is 87.5 Å². The minimum absolute atomic E-state index is 0.504. The highest BCUT2D eigenvalue weighted by molar-refractivity contribution is 5.74. The standard InChI is InChI=1S/C11H11N3O/c1-8-5-3-4-6-10(8)14-11(7-15)9(2)12-13-14/h3-7H,1-2H3. The average molecular weight is 201 g/mol. The minimum Gasteiger partial charge on any atom is -0.296 e. The van der Waals surface area contributed by atoms with Gasteiger partial charge in [0.1, 0.15) is 5.69 Å². The van der Waals surface area contributed by atoms with Crippen molar-refractivity contribution in [3.05, 3.63) is 41.2 Å². The van der Waals surface area contributed by atoms with E-state index in [0.29, 0.717) is 11.4 Å². The van der Waals surface area contributed by atoms with Gasteiger partial charge in [-0.3, -0.25) is 4.79 Å². The van der Waals surface area contributed by atoms with Gasteiger partial charge in [0, 0.05) is 0 Å². The number of benzene rings is 1. The summed E-state index contributed by atoms with van der Waals surface area (Å²) in [5.74, 6) is 0. The Hall–Kier alpha value is -1.97. The van der Waals surface area contributed by atoms with E-state index in [9.17, 15) is 4.79 Å². The highest BCUT2D eigenvalue weighted by Gasteiger charge is 2.10. The second-order valence-electron chi connectivity index (χ2n) is 3.38. The van der Waals surface area contributed by atoms with Crippen LogP contribution in [0, 0.1) is 13.8 Å². The lowest BCUT2D eigenvalue weighted by atomic mass is 10.2. The van der Waals surface area contributed by atoms with E-state index < -0.39 is 0 Å². The molecule has 2 aromatic rings.